The maximum atomic E-state index is 13.0. The van der Waals surface area contributed by atoms with Gasteiger partial charge in [0.05, 0.1) is 18.7 Å². The summed E-state index contributed by atoms with van der Waals surface area (Å²) in [5, 5.41) is 13.7. The van der Waals surface area contributed by atoms with Crippen molar-refractivity contribution in [2.24, 2.45) is 11.7 Å². The Balaban J connectivity index is 1.76. The Morgan fingerprint density at radius 1 is 1.24 bits per heavy atom. The van der Waals surface area contributed by atoms with Gasteiger partial charge in [-0.2, -0.15) is 0 Å². The zero-order valence-electron chi connectivity index (χ0n) is 20.6. The van der Waals surface area contributed by atoms with Gasteiger partial charge in [-0.25, -0.2) is 9.78 Å². The van der Waals surface area contributed by atoms with Gasteiger partial charge in [0.25, 0.3) is 5.56 Å². The number of rotatable bonds is 12. The highest BCUT2D eigenvalue weighted by atomic mass is 16.5. The van der Waals surface area contributed by atoms with Crippen molar-refractivity contribution in [3.05, 3.63) is 64.9 Å². The minimum absolute atomic E-state index is 0.0190. The summed E-state index contributed by atoms with van der Waals surface area (Å²) in [6.45, 7) is 4.75. The quantitative estimate of drug-likeness (QED) is 0.231. The Hall–Kier alpha value is -4.61. The molecule has 0 saturated heterocycles. The van der Waals surface area contributed by atoms with E-state index in [1.54, 1.807) is 12.3 Å². The minimum Gasteiger partial charge on any atom is -0.491 e. The van der Waals surface area contributed by atoms with Crippen molar-refractivity contribution in [3.63, 3.8) is 0 Å². The summed E-state index contributed by atoms with van der Waals surface area (Å²) in [4.78, 5) is 55.5. The lowest BCUT2D eigenvalue weighted by molar-refractivity contribution is -0.118. The van der Waals surface area contributed by atoms with Crippen LogP contribution in [-0.2, 0) is 16.1 Å². The van der Waals surface area contributed by atoms with E-state index < -0.39 is 29.5 Å². The normalized spacial score (nSPS) is 12.1. The number of nitrogens with zero attached hydrogens (tertiary/aromatic N) is 2. The number of carbonyl (C=O) groups is 3. The number of carbonyl (C=O) groups excluding carboxylic acids is 2. The number of carboxylic acid groups (broad SMARTS) is 1. The molecule has 3 aromatic rings. The summed E-state index contributed by atoms with van der Waals surface area (Å²) in [5.74, 6) is 0.154. The third kappa shape index (κ3) is 7.69. The number of primary amides is 1. The van der Waals surface area contributed by atoms with Crippen LogP contribution in [0.1, 0.15) is 32.5 Å². The first kappa shape index (κ1) is 27.0. The number of aromatic amines is 1. The van der Waals surface area contributed by atoms with Gasteiger partial charge in [-0.05, 0) is 49.1 Å². The van der Waals surface area contributed by atoms with E-state index in [0.29, 0.717) is 29.6 Å². The molecule has 0 saturated carbocycles. The van der Waals surface area contributed by atoms with Crippen molar-refractivity contribution in [1.82, 2.24) is 19.9 Å². The van der Waals surface area contributed by atoms with Gasteiger partial charge in [-0.3, -0.25) is 14.4 Å². The van der Waals surface area contributed by atoms with Crippen molar-refractivity contribution >= 4 is 34.6 Å². The standard InChI is InChI=1S/C25H30N6O6/c1-15(2)14-37-19-10-5-8-16-22(19)30-21(27-16)13-31-12-6-9-18(24(31)34)28-23(33)17(29-25(35)36)7-3-4-11-20(26)32/h4-6,8-12,15,17,29H,3,7,13-14H2,1-2H3,(H2,26,32)(H,27,30)(H,28,33)(H,35,36)/b11-4+. The predicted octanol–water partition coefficient (Wildman–Crippen LogP) is 2.20. The van der Waals surface area contributed by atoms with E-state index >= 15 is 0 Å². The number of allylic oxidation sites excluding steroid dienone is 1. The molecular weight excluding hydrogens is 480 g/mol. The zero-order valence-corrected chi connectivity index (χ0v) is 20.6. The number of nitrogens with one attached hydrogen (secondary N) is 3. The van der Waals surface area contributed by atoms with Crippen LogP contribution in [0.4, 0.5) is 10.5 Å². The van der Waals surface area contributed by atoms with E-state index in [9.17, 15) is 19.2 Å². The molecule has 2 heterocycles. The molecule has 0 radical (unpaired) electrons. The molecule has 37 heavy (non-hydrogen) atoms. The molecular formula is C25H30N6O6. The number of H-pyrrole nitrogens is 1. The number of ether oxygens (including phenoxy) is 1. The molecule has 0 aliphatic rings. The van der Waals surface area contributed by atoms with Gasteiger partial charge in [0.2, 0.25) is 11.8 Å². The molecule has 0 spiro atoms. The molecule has 1 aromatic carbocycles. The van der Waals surface area contributed by atoms with Gasteiger partial charge in [0.15, 0.2) is 0 Å². The Morgan fingerprint density at radius 3 is 2.73 bits per heavy atom. The van der Waals surface area contributed by atoms with Crippen LogP contribution in [0, 0.1) is 5.92 Å². The van der Waals surface area contributed by atoms with Crippen LogP contribution in [-0.4, -0.2) is 50.2 Å². The van der Waals surface area contributed by atoms with E-state index in [2.05, 4.69) is 34.4 Å². The van der Waals surface area contributed by atoms with Crippen LogP contribution < -0.4 is 26.7 Å². The molecule has 196 valence electrons. The lowest BCUT2D eigenvalue weighted by Crippen LogP contribution is -2.44. The highest BCUT2D eigenvalue weighted by molar-refractivity contribution is 5.96. The first-order valence-electron chi connectivity index (χ1n) is 11.7. The second-order valence-electron chi connectivity index (χ2n) is 8.77. The fourth-order valence-corrected chi connectivity index (χ4v) is 3.52. The second kappa shape index (κ2) is 12.4. The number of imidazole rings is 1. The van der Waals surface area contributed by atoms with Gasteiger partial charge in [0.1, 0.15) is 28.8 Å². The lowest BCUT2D eigenvalue weighted by Gasteiger charge is -2.16. The van der Waals surface area contributed by atoms with Gasteiger partial charge in [0, 0.05) is 6.20 Å². The Morgan fingerprint density at radius 2 is 2.03 bits per heavy atom. The molecule has 0 aliphatic heterocycles. The summed E-state index contributed by atoms with van der Waals surface area (Å²) in [6.07, 6.45) is 3.00. The Kier molecular flexibility index (Phi) is 9.03. The number of pyridine rings is 1. The van der Waals surface area contributed by atoms with Crippen LogP contribution in [0.25, 0.3) is 11.0 Å². The number of fused-ring (bicyclic) bond motifs is 1. The molecule has 0 fully saturated rings. The Labute approximate surface area is 212 Å². The Bertz CT molecular complexity index is 1360. The van der Waals surface area contributed by atoms with Crippen LogP contribution in [0.5, 0.6) is 5.75 Å². The van der Waals surface area contributed by atoms with Crippen molar-refractivity contribution in [2.75, 3.05) is 11.9 Å². The monoisotopic (exact) mass is 510 g/mol. The van der Waals surface area contributed by atoms with Crippen molar-refractivity contribution < 1.29 is 24.2 Å². The predicted molar refractivity (Wildman–Crippen MR) is 137 cm³/mol. The molecule has 3 amide bonds. The van der Waals surface area contributed by atoms with Crippen molar-refractivity contribution in [3.8, 4) is 5.75 Å². The highest BCUT2D eigenvalue weighted by Gasteiger charge is 2.21. The SMILES string of the molecule is CC(C)COc1cccc2[nH]c(Cn3cccc(NC(=O)C(CC/C=C/C(N)=O)NC(=O)O)c3=O)nc12. The fraction of sp³-hybridized carbons (Fsp3) is 0.320. The summed E-state index contributed by atoms with van der Waals surface area (Å²) in [5.41, 5.74) is 5.94. The average Bonchev–Trinajstić information content (AvgIpc) is 3.24. The van der Waals surface area contributed by atoms with Crippen LogP contribution in [0.15, 0.2) is 53.5 Å². The smallest absolute Gasteiger partial charge is 0.405 e. The minimum atomic E-state index is -1.40. The first-order valence-corrected chi connectivity index (χ1v) is 11.7. The highest BCUT2D eigenvalue weighted by Crippen LogP contribution is 2.24. The van der Waals surface area contributed by atoms with Gasteiger partial charge >= 0.3 is 6.09 Å². The zero-order chi connectivity index (χ0) is 26.9. The maximum absolute atomic E-state index is 13.0. The third-order valence-corrected chi connectivity index (χ3v) is 5.21. The number of amides is 3. The fourth-order valence-electron chi connectivity index (χ4n) is 3.52. The maximum Gasteiger partial charge on any atom is 0.405 e. The number of aromatic nitrogens is 3. The van der Waals surface area contributed by atoms with E-state index in [0.717, 1.165) is 11.6 Å². The molecule has 2 aromatic heterocycles. The molecule has 0 bridgehead atoms. The second-order valence-corrected chi connectivity index (χ2v) is 8.77. The number of para-hydroxylation sites is 1. The summed E-state index contributed by atoms with van der Waals surface area (Å²) < 4.78 is 7.23. The number of anilines is 1. The number of nitrogens with two attached hydrogens (primary N) is 1. The first-order chi connectivity index (χ1) is 17.6. The summed E-state index contributed by atoms with van der Waals surface area (Å²) in [6, 6.07) is 7.42. The van der Waals surface area contributed by atoms with Gasteiger partial charge < -0.3 is 35.8 Å². The number of benzene rings is 1. The van der Waals surface area contributed by atoms with E-state index in [1.165, 1.54) is 16.7 Å². The van der Waals surface area contributed by atoms with E-state index in [-0.39, 0.29) is 25.1 Å². The number of hydrogen-bond donors (Lipinski definition) is 5. The summed E-state index contributed by atoms with van der Waals surface area (Å²) in [7, 11) is 0. The largest absolute Gasteiger partial charge is 0.491 e. The van der Waals surface area contributed by atoms with Gasteiger partial charge in [-0.15, -0.1) is 0 Å². The number of hydrogen-bond acceptors (Lipinski definition) is 6. The van der Waals surface area contributed by atoms with E-state index in [1.807, 2.05) is 18.2 Å². The van der Waals surface area contributed by atoms with Crippen LogP contribution >= 0.6 is 0 Å². The third-order valence-electron chi connectivity index (χ3n) is 5.21. The van der Waals surface area contributed by atoms with Crippen LogP contribution in [0.3, 0.4) is 0 Å². The lowest BCUT2D eigenvalue weighted by atomic mass is 10.1. The average molecular weight is 511 g/mol. The molecule has 3 rings (SSSR count). The molecule has 1 atom stereocenters. The van der Waals surface area contributed by atoms with Crippen molar-refractivity contribution in [1.29, 1.82) is 0 Å². The molecule has 0 aliphatic carbocycles. The van der Waals surface area contributed by atoms with Crippen molar-refractivity contribution in [2.45, 2.75) is 39.3 Å². The topological polar surface area (TPSA) is 181 Å². The molecule has 12 nitrogen and oxygen atoms in total. The van der Waals surface area contributed by atoms with Crippen LogP contribution in [0.2, 0.25) is 0 Å². The van der Waals surface area contributed by atoms with E-state index in [4.69, 9.17) is 15.6 Å². The molecule has 12 heteroatoms. The van der Waals surface area contributed by atoms with Gasteiger partial charge in [-0.1, -0.05) is 26.0 Å². The molecule has 1 unspecified atom stereocenters. The summed E-state index contributed by atoms with van der Waals surface area (Å²) >= 11 is 0. The molecule has 6 N–H and O–H groups in total.